The van der Waals surface area contributed by atoms with Gasteiger partial charge in [0, 0.05) is 19.7 Å². The van der Waals surface area contributed by atoms with Crippen LogP contribution in [0.15, 0.2) is 35.3 Å². The zero-order valence-corrected chi connectivity index (χ0v) is 14.4. The van der Waals surface area contributed by atoms with Crippen LogP contribution in [0.2, 0.25) is 0 Å². The van der Waals surface area contributed by atoms with E-state index < -0.39 is 0 Å². The number of hydrogen-bond donors (Lipinski definition) is 0. The normalized spacial score (nSPS) is 11.1. The van der Waals surface area contributed by atoms with E-state index in [1.54, 1.807) is 12.4 Å². The number of aliphatic imine (C=N–C) groups is 1. The lowest BCUT2D eigenvalue weighted by Crippen LogP contribution is -2.14. The predicted molar refractivity (Wildman–Crippen MR) is 93.4 cm³/mol. The van der Waals surface area contributed by atoms with Crippen LogP contribution in [0.3, 0.4) is 0 Å². The molecule has 0 fully saturated rings. The molecule has 2 rings (SSSR count). The van der Waals surface area contributed by atoms with Crippen LogP contribution in [0.4, 0.5) is 14.5 Å². The van der Waals surface area contributed by atoms with E-state index in [0.717, 1.165) is 23.2 Å². The van der Waals surface area contributed by atoms with Gasteiger partial charge in [0.25, 0.3) is 0 Å². The van der Waals surface area contributed by atoms with Gasteiger partial charge >= 0.3 is 0 Å². The van der Waals surface area contributed by atoms with Crippen LogP contribution in [0.25, 0.3) is 0 Å². The average Bonchev–Trinajstić information content (AvgIpc) is 2.55. The summed E-state index contributed by atoms with van der Waals surface area (Å²) in [6.07, 6.45) is 2.08. The molecule has 0 atom stereocenters. The van der Waals surface area contributed by atoms with Crippen molar-refractivity contribution in [3.63, 3.8) is 0 Å². The molecule has 0 spiro atoms. The monoisotopic (exact) mass is 332 g/mol. The lowest BCUT2D eigenvalue weighted by molar-refractivity contribution is 0.410. The average molecular weight is 332 g/mol. The Balaban J connectivity index is 2.35. The van der Waals surface area contributed by atoms with Crippen molar-refractivity contribution in [2.75, 3.05) is 20.7 Å². The third-order valence-corrected chi connectivity index (χ3v) is 3.91. The highest BCUT2D eigenvalue weighted by atomic mass is 19.1. The fraction of sp³-hybridized carbons (Fsp3) is 0.316. The molecule has 0 saturated heterocycles. The van der Waals surface area contributed by atoms with Gasteiger partial charge in [-0.1, -0.05) is 0 Å². The fourth-order valence-electron chi connectivity index (χ4n) is 2.34. The van der Waals surface area contributed by atoms with Gasteiger partial charge in [-0.05, 0) is 61.2 Å². The van der Waals surface area contributed by atoms with E-state index in [1.807, 2.05) is 25.8 Å². The van der Waals surface area contributed by atoms with E-state index in [9.17, 15) is 8.78 Å². The highest BCUT2D eigenvalue weighted by Gasteiger charge is 2.10. The standard InChI is InChI=1S/C19H22F2N2O/c1-5-23(3)12-22-19-11-17(21)9-15(13(19)2)6-14-7-16(20)10-18(8-14)24-4/h7-12H,5-6H2,1-4H3. The predicted octanol–water partition coefficient (Wildman–Crippen LogP) is 4.48. The number of rotatable bonds is 6. The highest BCUT2D eigenvalue weighted by molar-refractivity contribution is 5.64. The van der Waals surface area contributed by atoms with Crippen molar-refractivity contribution < 1.29 is 13.5 Å². The molecule has 128 valence electrons. The summed E-state index contributed by atoms with van der Waals surface area (Å²) in [6.45, 7) is 4.71. The molecule has 0 aliphatic carbocycles. The van der Waals surface area contributed by atoms with Crippen molar-refractivity contribution in [2.45, 2.75) is 20.3 Å². The van der Waals surface area contributed by atoms with Crippen molar-refractivity contribution in [3.8, 4) is 5.75 Å². The molecule has 2 aromatic rings. The molecular weight excluding hydrogens is 310 g/mol. The van der Waals surface area contributed by atoms with Gasteiger partial charge in [0.1, 0.15) is 17.4 Å². The molecule has 3 nitrogen and oxygen atoms in total. The zero-order chi connectivity index (χ0) is 17.7. The van der Waals surface area contributed by atoms with Crippen molar-refractivity contribution in [1.29, 1.82) is 0 Å². The second-order valence-electron chi connectivity index (χ2n) is 5.70. The Morgan fingerprint density at radius 2 is 1.83 bits per heavy atom. The Labute approximate surface area is 141 Å². The Kier molecular flexibility index (Phi) is 5.90. The summed E-state index contributed by atoms with van der Waals surface area (Å²) >= 11 is 0. The number of ether oxygens (including phenoxy) is 1. The summed E-state index contributed by atoms with van der Waals surface area (Å²) in [5.41, 5.74) is 2.95. The van der Waals surface area contributed by atoms with Crippen LogP contribution in [0.1, 0.15) is 23.6 Å². The quantitative estimate of drug-likeness (QED) is 0.575. The van der Waals surface area contributed by atoms with Gasteiger partial charge in [-0.3, -0.25) is 0 Å². The van der Waals surface area contributed by atoms with Crippen LogP contribution in [-0.2, 0) is 6.42 Å². The minimum Gasteiger partial charge on any atom is -0.497 e. The van der Waals surface area contributed by atoms with Gasteiger partial charge < -0.3 is 9.64 Å². The molecule has 0 amide bonds. The second-order valence-corrected chi connectivity index (χ2v) is 5.70. The summed E-state index contributed by atoms with van der Waals surface area (Å²) in [6, 6.07) is 7.38. The first-order valence-electron chi connectivity index (χ1n) is 7.79. The number of methoxy groups -OCH3 is 1. The first-order valence-corrected chi connectivity index (χ1v) is 7.79. The first-order chi connectivity index (χ1) is 11.4. The molecule has 0 heterocycles. The second kappa shape index (κ2) is 7.90. The molecule has 0 aliphatic heterocycles. The van der Waals surface area contributed by atoms with E-state index in [-0.39, 0.29) is 11.6 Å². The molecule has 0 bridgehead atoms. The lowest BCUT2D eigenvalue weighted by atomic mass is 9.99. The molecule has 0 aromatic heterocycles. The van der Waals surface area contributed by atoms with Gasteiger partial charge in [-0.2, -0.15) is 0 Å². The minimum absolute atomic E-state index is 0.356. The molecule has 0 radical (unpaired) electrons. The zero-order valence-electron chi connectivity index (χ0n) is 14.4. The number of benzene rings is 2. The SMILES string of the molecule is CCN(C)C=Nc1cc(F)cc(Cc2cc(F)cc(OC)c2)c1C. The van der Waals surface area contributed by atoms with Gasteiger partial charge in [0.15, 0.2) is 0 Å². The topological polar surface area (TPSA) is 24.8 Å². The smallest absolute Gasteiger partial charge is 0.127 e. The Bertz CT molecular complexity index is 744. The summed E-state index contributed by atoms with van der Waals surface area (Å²) in [7, 11) is 3.39. The van der Waals surface area contributed by atoms with Crippen LogP contribution in [0, 0.1) is 18.6 Å². The number of halogens is 2. The van der Waals surface area contributed by atoms with Crippen molar-refractivity contribution in [3.05, 3.63) is 58.7 Å². The molecule has 0 aliphatic rings. The fourth-order valence-corrected chi connectivity index (χ4v) is 2.34. The highest BCUT2D eigenvalue weighted by Crippen LogP contribution is 2.27. The van der Waals surface area contributed by atoms with E-state index >= 15 is 0 Å². The Morgan fingerprint density at radius 1 is 1.12 bits per heavy atom. The number of nitrogens with zero attached hydrogens (tertiary/aromatic N) is 2. The van der Waals surface area contributed by atoms with E-state index in [1.165, 1.54) is 31.4 Å². The van der Waals surface area contributed by atoms with E-state index in [4.69, 9.17) is 4.74 Å². The molecule has 0 N–H and O–H groups in total. The molecule has 24 heavy (non-hydrogen) atoms. The van der Waals surface area contributed by atoms with Crippen molar-refractivity contribution >= 4 is 12.0 Å². The maximum atomic E-state index is 14.0. The largest absolute Gasteiger partial charge is 0.497 e. The summed E-state index contributed by atoms with van der Waals surface area (Å²) in [4.78, 5) is 6.26. The third kappa shape index (κ3) is 4.54. The molecule has 0 unspecified atom stereocenters. The van der Waals surface area contributed by atoms with Gasteiger partial charge in [-0.15, -0.1) is 0 Å². The van der Waals surface area contributed by atoms with Gasteiger partial charge in [0.05, 0.1) is 19.1 Å². The van der Waals surface area contributed by atoms with Gasteiger partial charge in [-0.25, -0.2) is 13.8 Å². The maximum Gasteiger partial charge on any atom is 0.127 e. The van der Waals surface area contributed by atoms with Crippen LogP contribution < -0.4 is 4.74 Å². The molecule has 2 aromatic carbocycles. The lowest BCUT2D eigenvalue weighted by Gasteiger charge is -2.12. The number of hydrogen-bond acceptors (Lipinski definition) is 2. The first kappa shape index (κ1) is 17.9. The van der Waals surface area contributed by atoms with Crippen LogP contribution in [0.5, 0.6) is 5.75 Å². The summed E-state index contributed by atoms with van der Waals surface area (Å²) in [5.74, 6) is -0.284. The van der Waals surface area contributed by atoms with E-state index in [0.29, 0.717) is 17.9 Å². The summed E-state index contributed by atoms with van der Waals surface area (Å²) in [5, 5.41) is 0. The maximum absolute atomic E-state index is 14.0. The van der Waals surface area contributed by atoms with Gasteiger partial charge in [0.2, 0.25) is 0 Å². The van der Waals surface area contributed by atoms with Crippen molar-refractivity contribution in [1.82, 2.24) is 4.90 Å². The van der Waals surface area contributed by atoms with Crippen LogP contribution in [-0.4, -0.2) is 31.9 Å². The van der Waals surface area contributed by atoms with Crippen LogP contribution >= 0.6 is 0 Å². The molecule has 0 saturated carbocycles. The third-order valence-electron chi connectivity index (χ3n) is 3.91. The Hall–Kier alpha value is -2.43. The van der Waals surface area contributed by atoms with E-state index in [2.05, 4.69) is 4.99 Å². The van der Waals surface area contributed by atoms with Crippen molar-refractivity contribution in [2.24, 2.45) is 4.99 Å². The molecule has 5 heteroatoms. The molecular formula is C19H22F2N2O. The Morgan fingerprint density at radius 3 is 2.50 bits per heavy atom. The summed E-state index contributed by atoms with van der Waals surface area (Å²) < 4.78 is 32.7. The minimum atomic E-state index is -0.374.